The molecule has 2 aromatic carbocycles. The van der Waals surface area contributed by atoms with E-state index in [-0.39, 0.29) is 5.57 Å². The lowest BCUT2D eigenvalue weighted by Crippen LogP contribution is -2.54. The van der Waals surface area contributed by atoms with Crippen molar-refractivity contribution >= 4 is 41.2 Å². The van der Waals surface area contributed by atoms with Crippen LogP contribution in [-0.2, 0) is 9.59 Å². The van der Waals surface area contributed by atoms with E-state index in [4.69, 9.17) is 11.6 Å². The fourth-order valence-corrected chi connectivity index (χ4v) is 4.03. The molecule has 0 aliphatic carbocycles. The Morgan fingerprint density at radius 2 is 1.59 bits per heavy atom. The van der Waals surface area contributed by atoms with Gasteiger partial charge in [0.15, 0.2) is 0 Å². The molecule has 0 atom stereocenters. The maximum atomic E-state index is 13.1. The monoisotopic (exact) mass is 447 g/mol. The fraction of sp³-hybridized carbons (Fsp3) is 0.160. The molecule has 4 rings (SSSR count). The van der Waals surface area contributed by atoms with Crippen molar-refractivity contribution in [2.45, 2.75) is 27.7 Å². The number of carbonyl (C=O) groups is 3. The molecule has 1 aromatic heterocycles. The van der Waals surface area contributed by atoms with Gasteiger partial charge in [0.05, 0.1) is 5.69 Å². The number of carbonyl (C=O) groups excluding carboxylic acids is 3. The number of barbiturate groups is 1. The van der Waals surface area contributed by atoms with Gasteiger partial charge in [0.2, 0.25) is 0 Å². The molecule has 6 nitrogen and oxygen atoms in total. The van der Waals surface area contributed by atoms with Crippen LogP contribution in [-0.4, -0.2) is 22.4 Å². The first kappa shape index (κ1) is 21.6. The molecule has 0 bridgehead atoms. The predicted molar refractivity (Wildman–Crippen MR) is 125 cm³/mol. The Kier molecular flexibility index (Phi) is 5.48. The van der Waals surface area contributed by atoms with Crippen LogP contribution in [0.3, 0.4) is 0 Å². The number of nitrogens with zero attached hydrogens (tertiary/aromatic N) is 2. The van der Waals surface area contributed by atoms with Crippen LogP contribution in [0.2, 0.25) is 5.02 Å². The van der Waals surface area contributed by atoms with E-state index in [1.807, 2.05) is 33.8 Å². The van der Waals surface area contributed by atoms with Gasteiger partial charge in [-0.3, -0.25) is 14.9 Å². The molecule has 0 saturated carbocycles. The smallest absolute Gasteiger partial charge is 0.318 e. The Morgan fingerprint density at radius 1 is 0.906 bits per heavy atom. The SMILES string of the molecule is Cc1ccc(C)c(-n2c(C)cc(/C=C3\C(=O)NC(=O)N(c4ccc(Cl)cc4)C3=O)c2C)c1. The molecule has 0 spiro atoms. The topological polar surface area (TPSA) is 71.4 Å². The molecular formula is C25H22ClN3O3. The molecule has 3 aromatic rings. The minimum atomic E-state index is -0.791. The Labute approximate surface area is 191 Å². The summed E-state index contributed by atoms with van der Waals surface area (Å²) in [4.78, 5) is 39.0. The number of nitrogens with one attached hydrogen (secondary N) is 1. The van der Waals surface area contributed by atoms with Gasteiger partial charge in [0.1, 0.15) is 5.57 Å². The van der Waals surface area contributed by atoms with E-state index >= 15 is 0 Å². The van der Waals surface area contributed by atoms with Crippen molar-refractivity contribution in [3.05, 3.63) is 87.2 Å². The normalized spacial score (nSPS) is 15.5. The highest BCUT2D eigenvalue weighted by molar-refractivity contribution is 6.39. The number of benzene rings is 2. The number of hydrogen-bond acceptors (Lipinski definition) is 3. The summed E-state index contributed by atoms with van der Waals surface area (Å²) in [6.45, 7) is 7.99. The molecule has 0 radical (unpaired) electrons. The summed E-state index contributed by atoms with van der Waals surface area (Å²) in [5.74, 6) is -1.40. The predicted octanol–water partition coefficient (Wildman–Crippen LogP) is 5.03. The highest BCUT2D eigenvalue weighted by atomic mass is 35.5. The number of aryl methyl sites for hydroxylation is 3. The summed E-state index contributed by atoms with van der Waals surface area (Å²) < 4.78 is 2.10. The zero-order chi connectivity index (χ0) is 23.2. The lowest BCUT2D eigenvalue weighted by molar-refractivity contribution is -0.122. The van der Waals surface area contributed by atoms with Crippen LogP contribution < -0.4 is 10.2 Å². The maximum Gasteiger partial charge on any atom is 0.335 e. The summed E-state index contributed by atoms with van der Waals surface area (Å²) in [5.41, 5.74) is 6.10. The fourth-order valence-electron chi connectivity index (χ4n) is 3.90. The van der Waals surface area contributed by atoms with Gasteiger partial charge in [-0.2, -0.15) is 0 Å². The van der Waals surface area contributed by atoms with Gasteiger partial charge in [0.25, 0.3) is 11.8 Å². The second-order valence-corrected chi connectivity index (χ2v) is 8.32. The largest absolute Gasteiger partial charge is 0.335 e. The average Bonchev–Trinajstić information content (AvgIpc) is 3.01. The minimum Gasteiger partial charge on any atom is -0.318 e. The molecule has 2 heterocycles. The third-order valence-electron chi connectivity index (χ3n) is 5.56. The van der Waals surface area contributed by atoms with Crippen molar-refractivity contribution in [2.24, 2.45) is 0 Å². The van der Waals surface area contributed by atoms with E-state index in [1.54, 1.807) is 24.3 Å². The number of halogens is 1. The first-order valence-electron chi connectivity index (χ1n) is 10.1. The number of imide groups is 2. The molecule has 1 aliphatic heterocycles. The molecule has 32 heavy (non-hydrogen) atoms. The van der Waals surface area contributed by atoms with Crippen molar-refractivity contribution in [3.63, 3.8) is 0 Å². The van der Waals surface area contributed by atoms with Crippen molar-refractivity contribution in [3.8, 4) is 5.69 Å². The van der Waals surface area contributed by atoms with E-state index in [2.05, 4.69) is 28.1 Å². The molecule has 7 heteroatoms. The van der Waals surface area contributed by atoms with Gasteiger partial charge < -0.3 is 4.57 Å². The molecule has 1 N–H and O–H groups in total. The quantitative estimate of drug-likeness (QED) is 0.452. The van der Waals surface area contributed by atoms with Crippen LogP contribution in [0.5, 0.6) is 0 Å². The Hall–Kier alpha value is -3.64. The van der Waals surface area contributed by atoms with Crippen LogP contribution in [0.25, 0.3) is 11.8 Å². The molecule has 4 amide bonds. The van der Waals surface area contributed by atoms with Gasteiger partial charge in [-0.1, -0.05) is 23.7 Å². The van der Waals surface area contributed by atoms with E-state index < -0.39 is 17.8 Å². The van der Waals surface area contributed by atoms with Gasteiger partial charge >= 0.3 is 6.03 Å². The van der Waals surface area contributed by atoms with Crippen molar-refractivity contribution in [2.75, 3.05) is 4.90 Å². The van der Waals surface area contributed by atoms with Crippen LogP contribution in [0.1, 0.15) is 28.1 Å². The lowest BCUT2D eigenvalue weighted by atomic mass is 10.1. The Balaban J connectivity index is 1.78. The first-order chi connectivity index (χ1) is 15.2. The highest BCUT2D eigenvalue weighted by Crippen LogP contribution is 2.28. The highest BCUT2D eigenvalue weighted by Gasteiger charge is 2.37. The molecule has 1 fully saturated rings. The van der Waals surface area contributed by atoms with E-state index in [0.717, 1.165) is 38.7 Å². The Bertz CT molecular complexity index is 1300. The minimum absolute atomic E-state index is 0.110. The summed E-state index contributed by atoms with van der Waals surface area (Å²) in [6.07, 6.45) is 1.54. The Morgan fingerprint density at radius 3 is 2.28 bits per heavy atom. The van der Waals surface area contributed by atoms with E-state index in [0.29, 0.717) is 10.7 Å². The second kappa shape index (κ2) is 8.13. The number of urea groups is 1. The van der Waals surface area contributed by atoms with Gasteiger partial charge in [-0.25, -0.2) is 9.69 Å². The number of amides is 4. The van der Waals surface area contributed by atoms with Crippen LogP contribution >= 0.6 is 11.6 Å². The second-order valence-electron chi connectivity index (χ2n) is 7.89. The zero-order valence-electron chi connectivity index (χ0n) is 18.2. The van der Waals surface area contributed by atoms with Crippen molar-refractivity contribution < 1.29 is 14.4 Å². The third kappa shape index (κ3) is 3.74. The average molecular weight is 448 g/mol. The third-order valence-corrected chi connectivity index (χ3v) is 5.81. The first-order valence-corrected chi connectivity index (χ1v) is 10.5. The molecule has 1 aliphatic rings. The summed E-state index contributed by atoms with van der Waals surface area (Å²) >= 11 is 5.92. The van der Waals surface area contributed by atoms with Crippen LogP contribution in [0, 0.1) is 27.7 Å². The standard InChI is InChI=1S/C25H22ClN3O3/c1-14-5-6-15(2)22(11-14)28-16(3)12-18(17(28)4)13-21-23(30)27-25(32)29(24(21)31)20-9-7-19(26)8-10-20/h5-13H,1-4H3,(H,27,30,32)/b21-13+. The van der Waals surface area contributed by atoms with Crippen molar-refractivity contribution in [1.82, 2.24) is 9.88 Å². The number of rotatable bonds is 3. The van der Waals surface area contributed by atoms with Gasteiger partial charge in [-0.15, -0.1) is 0 Å². The summed E-state index contributed by atoms with van der Waals surface area (Å²) in [7, 11) is 0. The maximum absolute atomic E-state index is 13.1. The lowest BCUT2D eigenvalue weighted by Gasteiger charge is -2.26. The molecule has 1 saturated heterocycles. The summed E-state index contributed by atoms with van der Waals surface area (Å²) in [6, 6.07) is 13.6. The number of hydrogen-bond donors (Lipinski definition) is 1. The number of anilines is 1. The van der Waals surface area contributed by atoms with E-state index in [1.165, 1.54) is 6.08 Å². The van der Waals surface area contributed by atoms with Crippen LogP contribution in [0.4, 0.5) is 10.5 Å². The number of aromatic nitrogens is 1. The molecular weight excluding hydrogens is 426 g/mol. The molecule has 0 unspecified atom stereocenters. The van der Waals surface area contributed by atoms with Gasteiger partial charge in [-0.05, 0) is 86.9 Å². The van der Waals surface area contributed by atoms with Crippen LogP contribution in [0.15, 0.2) is 54.1 Å². The zero-order valence-corrected chi connectivity index (χ0v) is 18.9. The van der Waals surface area contributed by atoms with E-state index in [9.17, 15) is 14.4 Å². The van der Waals surface area contributed by atoms with Crippen molar-refractivity contribution in [1.29, 1.82) is 0 Å². The summed E-state index contributed by atoms with van der Waals surface area (Å²) in [5, 5.41) is 2.73. The molecule has 162 valence electrons. The van der Waals surface area contributed by atoms with Gasteiger partial charge in [0, 0.05) is 22.1 Å².